The topological polar surface area (TPSA) is 99.6 Å². The fourth-order valence-corrected chi connectivity index (χ4v) is 5.35. The van der Waals surface area contributed by atoms with E-state index in [9.17, 15) is 31.9 Å². The van der Waals surface area contributed by atoms with E-state index in [1.54, 1.807) is 56.3 Å². The Bertz CT molecular complexity index is 1860. The van der Waals surface area contributed by atoms with Crippen LogP contribution in [0.4, 0.5) is 29.2 Å². The summed E-state index contributed by atoms with van der Waals surface area (Å²) in [5, 5.41) is 10.0. The van der Waals surface area contributed by atoms with Crippen LogP contribution in [-0.2, 0) is 15.8 Å². The van der Waals surface area contributed by atoms with Crippen LogP contribution >= 0.6 is 0 Å². The predicted molar refractivity (Wildman–Crippen MR) is 167 cm³/mol. The van der Waals surface area contributed by atoms with Crippen molar-refractivity contribution in [3.63, 3.8) is 0 Å². The number of halogens is 4. The quantitative estimate of drug-likeness (QED) is 0.222. The Morgan fingerprint density at radius 3 is 2.34 bits per heavy atom. The number of hydrogen-bond acceptors (Lipinski definition) is 5. The van der Waals surface area contributed by atoms with Gasteiger partial charge >= 0.3 is 12.1 Å². The molecule has 2 atom stereocenters. The smallest absolute Gasteiger partial charge is 0.339 e. The molecule has 5 rings (SSSR count). The molecule has 0 aliphatic carbocycles. The maximum Gasteiger partial charge on any atom is 0.416 e. The third kappa shape index (κ3) is 7.02. The summed E-state index contributed by atoms with van der Waals surface area (Å²) < 4.78 is 56.0. The summed E-state index contributed by atoms with van der Waals surface area (Å²) >= 11 is 0. The zero-order valence-corrected chi connectivity index (χ0v) is 25.6. The second-order valence-electron chi connectivity index (χ2n) is 11.0. The zero-order chi connectivity index (χ0) is 33.9. The molecule has 0 saturated heterocycles. The van der Waals surface area contributed by atoms with Crippen molar-refractivity contribution in [2.24, 2.45) is 0 Å². The minimum Gasteiger partial charge on any atom is -0.339 e. The van der Waals surface area contributed by atoms with E-state index < -0.39 is 47.2 Å². The molecule has 3 aromatic carbocycles. The molecule has 3 amide bonds. The van der Waals surface area contributed by atoms with Gasteiger partial charge in [-0.05, 0) is 75.0 Å². The van der Waals surface area contributed by atoms with Gasteiger partial charge in [-0.3, -0.25) is 29.5 Å². The molecular formula is C34H30F4N6O3. The summed E-state index contributed by atoms with van der Waals surface area (Å²) in [7, 11) is 3.59. The number of amides is 3. The average molecular weight is 647 g/mol. The van der Waals surface area contributed by atoms with Gasteiger partial charge in [-0.15, -0.1) is 5.10 Å². The van der Waals surface area contributed by atoms with Crippen LogP contribution in [-0.4, -0.2) is 65.6 Å². The molecule has 2 heterocycles. The second kappa shape index (κ2) is 13.5. The molecule has 242 valence electrons. The molecule has 0 bridgehead atoms. The Kier molecular flexibility index (Phi) is 9.44. The van der Waals surface area contributed by atoms with Crippen LogP contribution in [0.25, 0.3) is 5.69 Å². The normalized spacial score (nSPS) is 15.9. The van der Waals surface area contributed by atoms with Gasteiger partial charge in [-0.25, -0.2) is 9.07 Å². The van der Waals surface area contributed by atoms with E-state index in [1.165, 1.54) is 39.9 Å². The number of rotatable bonds is 7. The first-order chi connectivity index (χ1) is 22.4. The van der Waals surface area contributed by atoms with E-state index in [-0.39, 0.29) is 17.9 Å². The number of carbonyl (C=O) groups excluding carboxylic acids is 3. The molecule has 0 unspecified atom stereocenters. The summed E-state index contributed by atoms with van der Waals surface area (Å²) in [6.07, 6.45) is -4.70. The van der Waals surface area contributed by atoms with Crippen LogP contribution in [0.5, 0.6) is 0 Å². The Balaban J connectivity index is 1.69. The van der Waals surface area contributed by atoms with Crippen LogP contribution in [0.2, 0.25) is 0 Å². The SMILES string of the molecule is CCN1C(=O)[C@H](NC(=O)c2cccc(C(F)(F)F)c2)[C@H](c2ccc(F)cc2)c2c(NC(=O)C#CCN(C)C)nn(-c3ccccc3)c21. The van der Waals surface area contributed by atoms with Crippen molar-refractivity contribution in [3.8, 4) is 17.5 Å². The van der Waals surface area contributed by atoms with Gasteiger partial charge in [0.15, 0.2) is 5.82 Å². The van der Waals surface area contributed by atoms with Crippen molar-refractivity contribution in [2.45, 2.75) is 25.1 Å². The maximum absolute atomic E-state index is 14.3. The third-order valence-corrected chi connectivity index (χ3v) is 7.44. The number of carbonyl (C=O) groups is 3. The van der Waals surface area contributed by atoms with E-state index in [0.29, 0.717) is 35.2 Å². The van der Waals surface area contributed by atoms with E-state index >= 15 is 0 Å². The predicted octanol–water partition coefficient (Wildman–Crippen LogP) is 4.83. The molecule has 1 aliphatic rings. The van der Waals surface area contributed by atoms with Gasteiger partial charge in [0.25, 0.3) is 11.8 Å². The maximum atomic E-state index is 14.3. The van der Waals surface area contributed by atoms with Crippen molar-refractivity contribution < 1.29 is 31.9 Å². The van der Waals surface area contributed by atoms with Crippen molar-refractivity contribution in [3.05, 3.63) is 107 Å². The molecule has 0 radical (unpaired) electrons. The fourth-order valence-electron chi connectivity index (χ4n) is 5.35. The first-order valence-corrected chi connectivity index (χ1v) is 14.6. The molecule has 0 saturated carbocycles. The van der Waals surface area contributed by atoms with Gasteiger partial charge in [0.2, 0.25) is 0 Å². The van der Waals surface area contributed by atoms with Crippen LogP contribution < -0.4 is 15.5 Å². The fraction of sp³-hybridized carbons (Fsp3) is 0.235. The van der Waals surface area contributed by atoms with Crippen LogP contribution in [0.3, 0.4) is 0 Å². The van der Waals surface area contributed by atoms with E-state index in [4.69, 9.17) is 0 Å². The number of nitrogens with one attached hydrogen (secondary N) is 2. The summed E-state index contributed by atoms with van der Waals surface area (Å²) in [5.41, 5.74) is -0.0911. The molecular weight excluding hydrogens is 616 g/mol. The first kappa shape index (κ1) is 32.9. The lowest BCUT2D eigenvalue weighted by Gasteiger charge is -2.38. The van der Waals surface area contributed by atoms with Crippen LogP contribution in [0, 0.1) is 17.7 Å². The Labute approximate surface area is 268 Å². The number of aromatic nitrogens is 2. The number of likely N-dealkylation sites (N-methyl/N-ethyl adjacent to an activating group) is 1. The van der Waals surface area contributed by atoms with Gasteiger partial charge in [0.1, 0.15) is 17.7 Å². The largest absolute Gasteiger partial charge is 0.416 e. The van der Waals surface area contributed by atoms with Crippen molar-refractivity contribution >= 4 is 29.4 Å². The highest BCUT2D eigenvalue weighted by atomic mass is 19.4. The number of benzene rings is 3. The lowest BCUT2D eigenvalue weighted by atomic mass is 9.81. The number of alkyl halides is 3. The monoisotopic (exact) mass is 646 g/mol. The van der Waals surface area contributed by atoms with E-state index in [0.717, 1.165) is 12.1 Å². The molecule has 0 spiro atoms. The minimum absolute atomic E-state index is 0.0339. The van der Waals surface area contributed by atoms with Crippen molar-refractivity contribution in [1.29, 1.82) is 0 Å². The molecule has 2 N–H and O–H groups in total. The summed E-state index contributed by atoms with van der Waals surface area (Å²) in [4.78, 5) is 44.0. The van der Waals surface area contributed by atoms with Gasteiger partial charge < -0.3 is 5.32 Å². The van der Waals surface area contributed by atoms with E-state index in [2.05, 4.69) is 27.6 Å². The molecule has 1 aromatic heterocycles. The first-order valence-electron chi connectivity index (χ1n) is 14.6. The lowest BCUT2D eigenvalue weighted by Crippen LogP contribution is -2.55. The standard InChI is InChI=1S/C34H30F4N6O3/c1-4-43-32-28(30(39-26(45)14-9-19-42(2)3)41-44(32)25-12-6-5-7-13-25)27(21-15-17-24(35)18-16-21)29(33(43)47)40-31(46)22-10-8-11-23(20-22)34(36,37)38/h5-8,10-13,15-18,20,27,29H,4,19H2,1-3H3,(H,40,46)(H,39,41,45)/t27-,29-/m1/s1. The van der Waals surface area contributed by atoms with Crippen molar-refractivity contribution in [2.75, 3.05) is 37.4 Å². The third-order valence-electron chi connectivity index (χ3n) is 7.44. The number of nitrogens with zero attached hydrogens (tertiary/aromatic N) is 4. The van der Waals surface area contributed by atoms with E-state index in [1.807, 2.05) is 0 Å². The highest BCUT2D eigenvalue weighted by molar-refractivity contribution is 6.08. The molecule has 9 nitrogen and oxygen atoms in total. The Morgan fingerprint density at radius 1 is 1.00 bits per heavy atom. The van der Waals surface area contributed by atoms with Crippen molar-refractivity contribution in [1.82, 2.24) is 20.0 Å². The van der Waals surface area contributed by atoms with Crippen LogP contribution in [0.1, 0.15) is 39.9 Å². The average Bonchev–Trinajstić information content (AvgIpc) is 3.40. The summed E-state index contributed by atoms with van der Waals surface area (Å²) in [5.74, 6) is 1.77. The van der Waals surface area contributed by atoms with Crippen LogP contribution in [0.15, 0.2) is 78.9 Å². The minimum atomic E-state index is -4.70. The highest BCUT2D eigenvalue weighted by Gasteiger charge is 2.46. The lowest BCUT2D eigenvalue weighted by molar-refractivity contribution is -0.137. The molecule has 1 aliphatic heterocycles. The highest BCUT2D eigenvalue weighted by Crippen LogP contribution is 2.45. The second-order valence-corrected chi connectivity index (χ2v) is 11.0. The summed E-state index contributed by atoms with van der Waals surface area (Å²) in [6.45, 7) is 2.12. The van der Waals surface area contributed by atoms with Gasteiger partial charge in [0.05, 0.1) is 17.8 Å². The summed E-state index contributed by atoms with van der Waals surface area (Å²) in [6, 6.07) is 16.5. The molecule has 0 fully saturated rings. The molecule has 13 heteroatoms. The number of para-hydroxylation sites is 1. The molecule has 4 aromatic rings. The number of hydrogen-bond donors (Lipinski definition) is 2. The van der Waals surface area contributed by atoms with Gasteiger partial charge in [-0.2, -0.15) is 13.2 Å². The number of anilines is 2. The number of fused-ring (bicyclic) bond motifs is 1. The van der Waals surface area contributed by atoms with Gasteiger partial charge in [-0.1, -0.05) is 42.3 Å². The molecule has 47 heavy (non-hydrogen) atoms. The Morgan fingerprint density at radius 2 is 1.70 bits per heavy atom. The Hall–Kier alpha value is -5.48. The van der Waals surface area contributed by atoms with Gasteiger partial charge in [0, 0.05) is 23.6 Å². The zero-order valence-electron chi connectivity index (χ0n) is 25.6.